The Morgan fingerprint density at radius 1 is 1.24 bits per heavy atom. The maximum atomic E-state index is 11.5. The van der Waals surface area contributed by atoms with Gasteiger partial charge in [-0.05, 0) is 33.8 Å². The van der Waals surface area contributed by atoms with Crippen molar-refractivity contribution in [2.75, 3.05) is 0 Å². The SMILES string of the molecule is Cn1ccc(B2OC(C)(C)C(C)(C)O2)nc1=O. The highest BCUT2D eigenvalue weighted by atomic mass is 16.7. The molecule has 1 fully saturated rings. The summed E-state index contributed by atoms with van der Waals surface area (Å²) in [5, 5.41) is 0. The minimum atomic E-state index is -0.575. The second kappa shape index (κ2) is 3.68. The third kappa shape index (κ3) is 2.02. The van der Waals surface area contributed by atoms with E-state index in [-0.39, 0.29) is 5.69 Å². The third-order valence-electron chi connectivity index (χ3n) is 3.49. The summed E-state index contributed by atoms with van der Waals surface area (Å²) in [4.78, 5) is 15.4. The Morgan fingerprint density at radius 2 is 1.76 bits per heavy atom. The largest absolute Gasteiger partial charge is 0.514 e. The summed E-state index contributed by atoms with van der Waals surface area (Å²) in [6, 6.07) is 1.74. The molecule has 0 radical (unpaired) electrons. The lowest BCUT2D eigenvalue weighted by molar-refractivity contribution is 0.00578. The summed E-state index contributed by atoms with van der Waals surface area (Å²) in [6.45, 7) is 7.87. The van der Waals surface area contributed by atoms with Crippen LogP contribution in [0.4, 0.5) is 0 Å². The normalized spacial score (nSPS) is 21.8. The highest BCUT2D eigenvalue weighted by molar-refractivity contribution is 6.61. The molecule has 5 nitrogen and oxygen atoms in total. The molecule has 1 aromatic heterocycles. The van der Waals surface area contributed by atoms with Crippen molar-refractivity contribution in [3.63, 3.8) is 0 Å². The van der Waals surface area contributed by atoms with Gasteiger partial charge in [-0.2, -0.15) is 0 Å². The summed E-state index contributed by atoms with van der Waals surface area (Å²) >= 11 is 0. The van der Waals surface area contributed by atoms with Crippen molar-refractivity contribution < 1.29 is 9.31 Å². The molecule has 17 heavy (non-hydrogen) atoms. The van der Waals surface area contributed by atoms with Gasteiger partial charge < -0.3 is 13.9 Å². The molecule has 0 unspecified atom stereocenters. The van der Waals surface area contributed by atoms with Gasteiger partial charge in [-0.25, -0.2) is 9.78 Å². The van der Waals surface area contributed by atoms with Crippen molar-refractivity contribution in [1.29, 1.82) is 0 Å². The monoisotopic (exact) mass is 236 g/mol. The summed E-state index contributed by atoms with van der Waals surface area (Å²) in [6.07, 6.45) is 1.66. The van der Waals surface area contributed by atoms with E-state index in [9.17, 15) is 4.79 Å². The average molecular weight is 236 g/mol. The summed E-state index contributed by atoms with van der Waals surface area (Å²) in [5.74, 6) is 0. The zero-order chi connectivity index (χ0) is 12.8. The topological polar surface area (TPSA) is 53.4 Å². The molecule has 0 bridgehead atoms. The van der Waals surface area contributed by atoms with E-state index in [4.69, 9.17) is 9.31 Å². The van der Waals surface area contributed by atoms with Gasteiger partial charge >= 0.3 is 12.8 Å². The molecule has 2 heterocycles. The molecule has 1 aliphatic heterocycles. The van der Waals surface area contributed by atoms with Gasteiger partial charge in [-0.1, -0.05) is 0 Å². The molecule has 0 N–H and O–H groups in total. The first kappa shape index (κ1) is 12.3. The lowest BCUT2D eigenvalue weighted by atomic mass is 9.85. The molecule has 2 rings (SSSR count). The first-order valence-electron chi connectivity index (χ1n) is 5.62. The molecule has 6 heteroatoms. The minimum absolute atomic E-state index is 0.308. The number of aromatic nitrogens is 2. The lowest BCUT2D eigenvalue weighted by Gasteiger charge is -2.32. The van der Waals surface area contributed by atoms with Crippen LogP contribution >= 0.6 is 0 Å². The summed E-state index contributed by atoms with van der Waals surface area (Å²) in [5.41, 5.74) is -0.620. The van der Waals surface area contributed by atoms with Crippen LogP contribution in [0.5, 0.6) is 0 Å². The second-order valence-electron chi connectivity index (χ2n) is 5.33. The van der Waals surface area contributed by atoms with Crippen molar-refractivity contribution in [1.82, 2.24) is 9.55 Å². The van der Waals surface area contributed by atoms with Gasteiger partial charge in [0.25, 0.3) is 0 Å². The van der Waals surface area contributed by atoms with E-state index < -0.39 is 18.3 Å². The fourth-order valence-electron chi connectivity index (χ4n) is 1.57. The van der Waals surface area contributed by atoms with Crippen LogP contribution in [0.1, 0.15) is 27.7 Å². The smallest absolute Gasteiger partial charge is 0.398 e. The van der Waals surface area contributed by atoms with Crippen LogP contribution in [-0.2, 0) is 16.4 Å². The van der Waals surface area contributed by atoms with Crippen LogP contribution in [-0.4, -0.2) is 27.9 Å². The van der Waals surface area contributed by atoms with E-state index in [1.54, 1.807) is 19.3 Å². The summed E-state index contributed by atoms with van der Waals surface area (Å²) < 4.78 is 13.0. The predicted molar refractivity (Wildman–Crippen MR) is 65.2 cm³/mol. The zero-order valence-electron chi connectivity index (χ0n) is 10.9. The molecule has 0 aliphatic carbocycles. The standard InChI is InChI=1S/C11H17BN2O3/c1-10(2)11(3,4)17-12(16-10)8-6-7-14(5)9(15)13-8/h6-7H,1-5H3. The quantitative estimate of drug-likeness (QED) is 0.648. The van der Waals surface area contributed by atoms with Gasteiger partial charge in [0.1, 0.15) is 0 Å². The van der Waals surface area contributed by atoms with Crippen LogP contribution in [0.2, 0.25) is 0 Å². The number of aryl methyl sites for hydroxylation is 1. The number of hydrogen-bond donors (Lipinski definition) is 0. The van der Waals surface area contributed by atoms with Gasteiger partial charge in [0.2, 0.25) is 0 Å². The van der Waals surface area contributed by atoms with E-state index in [0.717, 1.165) is 0 Å². The van der Waals surface area contributed by atoms with Gasteiger partial charge in [-0.3, -0.25) is 0 Å². The highest BCUT2D eigenvalue weighted by Crippen LogP contribution is 2.36. The Balaban J connectivity index is 2.32. The molecule has 0 aromatic carbocycles. The molecule has 1 saturated heterocycles. The summed E-state index contributed by atoms with van der Waals surface area (Å²) in [7, 11) is 1.08. The van der Waals surface area contributed by atoms with E-state index in [0.29, 0.717) is 5.59 Å². The third-order valence-corrected chi connectivity index (χ3v) is 3.49. The fourth-order valence-corrected chi connectivity index (χ4v) is 1.57. The molecule has 1 aliphatic rings. The number of nitrogens with zero attached hydrogens (tertiary/aromatic N) is 2. The molecular weight excluding hydrogens is 219 g/mol. The van der Waals surface area contributed by atoms with Crippen LogP contribution in [0, 0.1) is 0 Å². The molecular formula is C11H17BN2O3. The van der Waals surface area contributed by atoms with Crippen molar-refractivity contribution in [3.05, 3.63) is 22.7 Å². The zero-order valence-corrected chi connectivity index (χ0v) is 10.9. The predicted octanol–water partition coefficient (Wildman–Crippen LogP) is 0.0795. The van der Waals surface area contributed by atoms with E-state index in [1.807, 2.05) is 27.7 Å². The van der Waals surface area contributed by atoms with Crippen LogP contribution in [0.15, 0.2) is 17.1 Å². The fraction of sp³-hybridized carbons (Fsp3) is 0.636. The van der Waals surface area contributed by atoms with Crippen LogP contribution in [0.3, 0.4) is 0 Å². The van der Waals surface area contributed by atoms with Crippen LogP contribution < -0.4 is 11.3 Å². The molecule has 92 valence electrons. The first-order chi connectivity index (χ1) is 7.73. The average Bonchev–Trinajstić information content (AvgIpc) is 2.41. The van der Waals surface area contributed by atoms with E-state index >= 15 is 0 Å². The van der Waals surface area contributed by atoms with Gasteiger partial charge in [0, 0.05) is 13.2 Å². The second-order valence-corrected chi connectivity index (χ2v) is 5.33. The van der Waals surface area contributed by atoms with Crippen molar-refractivity contribution in [2.24, 2.45) is 7.05 Å². The Hall–Kier alpha value is -1.14. The first-order valence-corrected chi connectivity index (χ1v) is 5.62. The molecule has 0 saturated carbocycles. The maximum absolute atomic E-state index is 11.5. The van der Waals surface area contributed by atoms with E-state index in [1.165, 1.54) is 4.57 Å². The minimum Gasteiger partial charge on any atom is -0.398 e. The number of rotatable bonds is 1. The molecule has 0 amide bonds. The lowest BCUT2D eigenvalue weighted by Crippen LogP contribution is -2.41. The van der Waals surface area contributed by atoms with Crippen molar-refractivity contribution >= 4 is 12.7 Å². The highest BCUT2D eigenvalue weighted by Gasteiger charge is 2.52. The van der Waals surface area contributed by atoms with Crippen molar-refractivity contribution in [3.8, 4) is 0 Å². The Labute approximate surface area is 101 Å². The van der Waals surface area contributed by atoms with Crippen LogP contribution in [0.25, 0.3) is 0 Å². The number of hydrogen-bond acceptors (Lipinski definition) is 4. The van der Waals surface area contributed by atoms with Gasteiger partial charge in [0.05, 0.1) is 16.8 Å². The van der Waals surface area contributed by atoms with Gasteiger partial charge in [0.15, 0.2) is 0 Å². The maximum Gasteiger partial charge on any atom is 0.514 e. The Bertz CT molecular complexity index is 480. The van der Waals surface area contributed by atoms with Gasteiger partial charge in [-0.15, -0.1) is 0 Å². The Kier molecular flexibility index (Phi) is 2.67. The van der Waals surface area contributed by atoms with Crippen molar-refractivity contribution in [2.45, 2.75) is 38.9 Å². The molecule has 0 spiro atoms. The molecule has 0 atom stereocenters. The Morgan fingerprint density at radius 3 is 2.24 bits per heavy atom. The molecule has 1 aromatic rings. The van der Waals surface area contributed by atoms with E-state index in [2.05, 4.69) is 4.98 Å².